The topological polar surface area (TPSA) is 0 Å². The summed E-state index contributed by atoms with van der Waals surface area (Å²) < 4.78 is 0. The molecule has 1 aliphatic rings. The summed E-state index contributed by atoms with van der Waals surface area (Å²) in [6.07, 6.45) is 15.7. The molecule has 1 fully saturated rings. The Balaban J connectivity index is 0. The molecule has 0 radical (unpaired) electrons. The van der Waals surface area contributed by atoms with E-state index in [-0.39, 0.29) is 0 Å². The third kappa shape index (κ3) is 13.9. The standard InChI is InChI=1S/C12H18.C11H22.C2H6/c1-6-7-8-11(4)12(5)9-10(2)3;1-4-7-11(3)8-5-10(2)6-9-11;1-2/h6-8H,2,5,9H2,1,3-4H3;10H,4-9H2,1-3H3;1-2H3/b7-6-,11-8+;;. The number of hydrogen-bond acceptors (Lipinski definition) is 0. The van der Waals surface area contributed by atoms with Crippen molar-refractivity contribution in [3.8, 4) is 0 Å². The Bertz CT molecular complexity index is 411. The van der Waals surface area contributed by atoms with Crippen LogP contribution in [-0.2, 0) is 0 Å². The van der Waals surface area contributed by atoms with Crippen LogP contribution in [0, 0.1) is 11.3 Å². The lowest BCUT2D eigenvalue weighted by atomic mass is 9.70. The fraction of sp³-hybridized carbons (Fsp3) is 0.680. The third-order valence-electron chi connectivity index (χ3n) is 4.95. The van der Waals surface area contributed by atoms with Gasteiger partial charge in [0.2, 0.25) is 0 Å². The van der Waals surface area contributed by atoms with Gasteiger partial charge < -0.3 is 0 Å². The molecule has 0 atom stereocenters. The minimum atomic E-state index is 0.710. The number of allylic oxidation sites excluding steroid dienone is 6. The molecular formula is C25H46. The second-order valence-electron chi connectivity index (χ2n) is 7.86. The molecule has 0 aliphatic heterocycles. The summed E-state index contributed by atoms with van der Waals surface area (Å²) in [5.41, 5.74) is 4.26. The zero-order valence-electron chi connectivity index (χ0n) is 18.7. The van der Waals surface area contributed by atoms with Crippen LogP contribution in [0.4, 0.5) is 0 Å². The predicted molar refractivity (Wildman–Crippen MR) is 119 cm³/mol. The van der Waals surface area contributed by atoms with Crippen molar-refractivity contribution in [1.82, 2.24) is 0 Å². The van der Waals surface area contributed by atoms with Crippen LogP contribution in [0.25, 0.3) is 0 Å². The van der Waals surface area contributed by atoms with Crippen LogP contribution in [0.3, 0.4) is 0 Å². The molecular weight excluding hydrogens is 300 g/mol. The maximum atomic E-state index is 3.98. The molecule has 0 spiro atoms. The fourth-order valence-corrected chi connectivity index (χ4v) is 3.17. The van der Waals surface area contributed by atoms with Gasteiger partial charge in [0.05, 0.1) is 0 Å². The normalized spacial score (nSPS) is 23.2. The van der Waals surface area contributed by atoms with Gasteiger partial charge in [0.25, 0.3) is 0 Å². The molecule has 146 valence electrons. The second kappa shape index (κ2) is 15.2. The summed E-state index contributed by atoms with van der Waals surface area (Å²) in [7, 11) is 0. The Morgan fingerprint density at radius 2 is 1.64 bits per heavy atom. The molecule has 0 N–H and O–H groups in total. The van der Waals surface area contributed by atoms with Gasteiger partial charge in [-0.1, -0.05) is 90.8 Å². The lowest BCUT2D eigenvalue weighted by Crippen LogP contribution is -2.23. The van der Waals surface area contributed by atoms with E-state index < -0.39 is 0 Å². The van der Waals surface area contributed by atoms with Gasteiger partial charge in [-0.3, -0.25) is 0 Å². The van der Waals surface area contributed by atoms with Crippen molar-refractivity contribution in [1.29, 1.82) is 0 Å². The summed E-state index contributed by atoms with van der Waals surface area (Å²) in [6, 6.07) is 0. The Kier molecular flexibility index (Phi) is 16.0. The summed E-state index contributed by atoms with van der Waals surface area (Å²) in [6.45, 7) is 25.1. The van der Waals surface area contributed by atoms with Crippen LogP contribution < -0.4 is 0 Å². The van der Waals surface area contributed by atoms with E-state index in [1.54, 1.807) is 0 Å². The first-order valence-corrected chi connectivity index (χ1v) is 10.4. The molecule has 0 aromatic rings. The summed E-state index contributed by atoms with van der Waals surface area (Å²) in [4.78, 5) is 0. The zero-order valence-corrected chi connectivity index (χ0v) is 18.7. The van der Waals surface area contributed by atoms with Crippen molar-refractivity contribution in [3.63, 3.8) is 0 Å². The lowest BCUT2D eigenvalue weighted by Gasteiger charge is -2.36. The van der Waals surface area contributed by atoms with Crippen LogP contribution >= 0.6 is 0 Å². The van der Waals surface area contributed by atoms with Gasteiger partial charge in [0.1, 0.15) is 0 Å². The first kappa shape index (κ1) is 26.2. The molecule has 0 nitrogen and oxygen atoms in total. The highest BCUT2D eigenvalue weighted by molar-refractivity contribution is 5.32. The minimum Gasteiger partial charge on any atom is -0.0998 e. The second-order valence-corrected chi connectivity index (χ2v) is 7.86. The van der Waals surface area contributed by atoms with E-state index in [2.05, 4.69) is 46.9 Å². The maximum absolute atomic E-state index is 3.98. The van der Waals surface area contributed by atoms with E-state index in [1.165, 1.54) is 44.1 Å². The fourth-order valence-electron chi connectivity index (χ4n) is 3.17. The molecule has 0 heteroatoms. The predicted octanol–water partition coefficient (Wildman–Crippen LogP) is 9.06. The van der Waals surface area contributed by atoms with Crippen molar-refractivity contribution in [2.75, 3.05) is 0 Å². The highest BCUT2D eigenvalue weighted by Gasteiger charge is 2.28. The van der Waals surface area contributed by atoms with E-state index in [0.29, 0.717) is 5.41 Å². The number of hydrogen-bond donors (Lipinski definition) is 0. The molecule has 0 unspecified atom stereocenters. The quantitative estimate of drug-likeness (QED) is 0.332. The first-order valence-electron chi connectivity index (χ1n) is 10.4. The maximum Gasteiger partial charge on any atom is -0.00758 e. The smallest absolute Gasteiger partial charge is 0.00758 e. The molecule has 0 bridgehead atoms. The van der Waals surface area contributed by atoms with Gasteiger partial charge in [-0.25, -0.2) is 0 Å². The monoisotopic (exact) mass is 346 g/mol. The molecule has 0 saturated heterocycles. The van der Waals surface area contributed by atoms with Crippen molar-refractivity contribution in [2.24, 2.45) is 11.3 Å². The molecule has 25 heavy (non-hydrogen) atoms. The van der Waals surface area contributed by atoms with Gasteiger partial charge in [-0.05, 0) is 68.9 Å². The zero-order chi connectivity index (χ0) is 19.9. The van der Waals surface area contributed by atoms with Crippen LogP contribution in [0.1, 0.15) is 100 Å². The highest BCUT2D eigenvalue weighted by atomic mass is 14.3. The number of rotatable bonds is 6. The molecule has 0 aromatic carbocycles. The van der Waals surface area contributed by atoms with Crippen molar-refractivity contribution >= 4 is 0 Å². The van der Waals surface area contributed by atoms with Crippen LogP contribution in [0.15, 0.2) is 48.1 Å². The van der Waals surface area contributed by atoms with Gasteiger partial charge in [0, 0.05) is 0 Å². The van der Waals surface area contributed by atoms with Crippen molar-refractivity contribution in [3.05, 3.63) is 48.1 Å². The van der Waals surface area contributed by atoms with E-state index >= 15 is 0 Å². The van der Waals surface area contributed by atoms with E-state index in [0.717, 1.165) is 23.5 Å². The Morgan fingerprint density at radius 3 is 2.04 bits per heavy atom. The van der Waals surface area contributed by atoms with Crippen LogP contribution in [0.2, 0.25) is 0 Å². The lowest BCUT2D eigenvalue weighted by molar-refractivity contribution is 0.163. The minimum absolute atomic E-state index is 0.710. The highest BCUT2D eigenvalue weighted by Crippen LogP contribution is 2.41. The van der Waals surface area contributed by atoms with Gasteiger partial charge in [0.15, 0.2) is 0 Å². The average molecular weight is 347 g/mol. The molecule has 1 aliphatic carbocycles. The molecule has 0 aromatic heterocycles. The summed E-state index contributed by atoms with van der Waals surface area (Å²) in [5, 5.41) is 0. The third-order valence-corrected chi connectivity index (χ3v) is 4.95. The Morgan fingerprint density at radius 1 is 1.12 bits per heavy atom. The van der Waals surface area contributed by atoms with E-state index in [9.17, 15) is 0 Å². The molecule has 1 rings (SSSR count). The first-order chi connectivity index (χ1) is 11.7. The van der Waals surface area contributed by atoms with Gasteiger partial charge in [-0.2, -0.15) is 0 Å². The average Bonchev–Trinajstić information content (AvgIpc) is 2.57. The molecule has 0 heterocycles. The molecule has 1 saturated carbocycles. The van der Waals surface area contributed by atoms with Gasteiger partial charge >= 0.3 is 0 Å². The largest absolute Gasteiger partial charge is 0.0998 e. The van der Waals surface area contributed by atoms with Crippen molar-refractivity contribution in [2.45, 2.75) is 100 Å². The van der Waals surface area contributed by atoms with Crippen molar-refractivity contribution < 1.29 is 0 Å². The summed E-state index contributed by atoms with van der Waals surface area (Å²) >= 11 is 0. The SMILES string of the molecule is C=C(C)CC(=C)/C(C)=C/C=C\C.CC.CCCC1(C)CCC(C)CC1. The van der Waals surface area contributed by atoms with Gasteiger partial charge in [-0.15, -0.1) is 0 Å². The Hall–Kier alpha value is -1.04. The Labute approximate surface area is 160 Å². The van der Waals surface area contributed by atoms with E-state index in [1.807, 2.05) is 39.8 Å². The molecule has 0 amide bonds. The van der Waals surface area contributed by atoms with Crippen LogP contribution in [-0.4, -0.2) is 0 Å². The van der Waals surface area contributed by atoms with Crippen LogP contribution in [0.5, 0.6) is 0 Å². The van der Waals surface area contributed by atoms with E-state index in [4.69, 9.17) is 0 Å². The summed E-state index contributed by atoms with van der Waals surface area (Å²) in [5.74, 6) is 1.000.